The van der Waals surface area contributed by atoms with Crippen LogP contribution in [0.4, 0.5) is 0 Å². The number of nitrogens with zero attached hydrogens (tertiary/aromatic N) is 1. The van der Waals surface area contributed by atoms with Gasteiger partial charge < -0.3 is 5.11 Å². The molecule has 1 rings (SSSR count). The van der Waals surface area contributed by atoms with Crippen LogP contribution in [0.2, 0.25) is 0 Å². The number of rotatable bonds is 3. The number of aryl methyl sites for hydroxylation is 2. The van der Waals surface area contributed by atoms with E-state index in [1.54, 1.807) is 0 Å². The summed E-state index contributed by atoms with van der Waals surface area (Å²) < 4.78 is 36.0. The lowest BCUT2D eigenvalue weighted by molar-refractivity contribution is -2.00. The number of halogens is 1. The molecule has 8 heteroatoms. The van der Waals surface area contributed by atoms with E-state index >= 15 is 0 Å². The van der Waals surface area contributed by atoms with Gasteiger partial charge in [0.25, 0.3) is 0 Å². The zero-order valence-corrected chi connectivity index (χ0v) is 12.6. The highest BCUT2D eigenvalue weighted by Crippen LogP contribution is 2.10. The lowest BCUT2D eigenvalue weighted by Gasteiger charge is -2.17. The first-order chi connectivity index (χ1) is 8.93. The molecule has 7 nitrogen and oxygen atoms in total. The number of aromatic nitrogens is 1. The maximum atomic E-state index is 10.5. The third kappa shape index (κ3) is 7.37. The monoisotopic (exact) mass is 307 g/mol. The first-order valence-corrected chi connectivity index (χ1v) is 6.97. The minimum atomic E-state index is -4.94. The van der Waals surface area contributed by atoms with Gasteiger partial charge in [0.05, 0.1) is 0 Å². The topological polar surface area (TPSA) is 133 Å². The van der Waals surface area contributed by atoms with Crippen molar-refractivity contribution in [3.63, 3.8) is 0 Å². The summed E-state index contributed by atoms with van der Waals surface area (Å²) in [7, 11) is -4.94. The first-order valence-electron chi connectivity index (χ1n) is 5.74. The second kappa shape index (κ2) is 7.51. The number of hydrogen-bond donors (Lipinski definition) is 1. The molecule has 0 unspecified atom stereocenters. The number of carbonyl (C=O) groups is 1. The highest BCUT2D eigenvalue weighted by atomic mass is 35.7. The molecule has 0 amide bonds. The van der Waals surface area contributed by atoms with Crippen LogP contribution in [0, 0.1) is 37.9 Å². The van der Waals surface area contributed by atoms with Crippen molar-refractivity contribution in [3.8, 4) is 0 Å². The Morgan fingerprint density at radius 1 is 1.20 bits per heavy atom. The number of aliphatic carboxylic acids is 1. The molecule has 0 spiro atoms. The van der Waals surface area contributed by atoms with E-state index in [0.29, 0.717) is 6.54 Å². The van der Waals surface area contributed by atoms with Crippen LogP contribution in [-0.2, 0) is 11.3 Å². The lowest BCUT2D eigenvalue weighted by Crippen LogP contribution is -2.68. The van der Waals surface area contributed by atoms with Crippen molar-refractivity contribution in [1.29, 1.82) is 0 Å². The Balaban J connectivity index is 0.000000621. The van der Waals surface area contributed by atoms with Gasteiger partial charge in [-0.25, -0.2) is 18.6 Å². The van der Waals surface area contributed by atoms with Crippen LogP contribution in [-0.4, -0.2) is 11.1 Å². The van der Waals surface area contributed by atoms with Crippen LogP contribution in [0.15, 0.2) is 6.07 Å². The fourth-order valence-corrected chi connectivity index (χ4v) is 1.80. The quantitative estimate of drug-likeness (QED) is 0.589. The highest BCUT2D eigenvalue weighted by Gasteiger charge is 2.16. The van der Waals surface area contributed by atoms with Crippen LogP contribution in [0.3, 0.4) is 0 Å². The fourth-order valence-electron chi connectivity index (χ4n) is 1.80. The van der Waals surface area contributed by atoms with Crippen molar-refractivity contribution in [3.05, 3.63) is 28.6 Å². The molecule has 1 aromatic heterocycles. The largest absolute Gasteiger partial charge is 0.481 e. The standard InChI is InChI=1S/C12H17NO2.ClHO4/c1-8-7-9(2)13(6-5-12(14)15)11(4)10(8)3;2-1(3,4)5/h7H,5-6H2,1-4H3;(H,2,3,4,5). The third-order valence-corrected chi connectivity index (χ3v) is 2.94. The van der Waals surface area contributed by atoms with E-state index in [4.69, 9.17) is 23.7 Å². The molecular weight excluding hydrogens is 290 g/mol. The molecule has 1 heterocycles. The summed E-state index contributed by atoms with van der Waals surface area (Å²) >= 11 is 0. The Morgan fingerprint density at radius 3 is 2.05 bits per heavy atom. The average Bonchev–Trinajstić information content (AvgIpc) is 2.23. The van der Waals surface area contributed by atoms with E-state index in [1.807, 2.05) is 13.8 Å². The van der Waals surface area contributed by atoms with Crippen LogP contribution in [0.25, 0.3) is 0 Å². The van der Waals surface area contributed by atoms with Gasteiger partial charge in [0.15, 0.2) is 17.9 Å². The molecule has 0 aliphatic heterocycles. The summed E-state index contributed by atoms with van der Waals surface area (Å²) in [5, 5.41) is 8.67. The summed E-state index contributed by atoms with van der Waals surface area (Å²) in [6, 6.07) is 2.10. The van der Waals surface area contributed by atoms with Gasteiger partial charge in [-0.2, -0.15) is 4.57 Å². The van der Waals surface area contributed by atoms with Gasteiger partial charge in [0.1, 0.15) is 6.42 Å². The van der Waals surface area contributed by atoms with Crippen molar-refractivity contribution < 1.29 is 43.3 Å². The zero-order chi connectivity index (χ0) is 16.1. The predicted octanol–water partition coefficient (Wildman–Crippen LogP) is -3.07. The van der Waals surface area contributed by atoms with Crippen molar-refractivity contribution in [2.75, 3.05) is 0 Å². The maximum Gasteiger partial charge on any atom is 0.309 e. The van der Waals surface area contributed by atoms with Crippen molar-refractivity contribution in [2.24, 2.45) is 0 Å². The summed E-state index contributed by atoms with van der Waals surface area (Å²) in [5.74, 6) is -0.750. The molecule has 0 saturated carbocycles. The minimum absolute atomic E-state index is 0.175. The van der Waals surface area contributed by atoms with Crippen molar-refractivity contribution in [1.82, 2.24) is 0 Å². The van der Waals surface area contributed by atoms with Crippen LogP contribution in [0.5, 0.6) is 0 Å². The molecule has 1 aromatic rings. The fraction of sp³-hybridized carbons (Fsp3) is 0.500. The third-order valence-electron chi connectivity index (χ3n) is 2.94. The summed E-state index contributed by atoms with van der Waals surface area (Å²) in [6.45, 7) is 8.75. The Morgan fingerprint density at radius 2 is 1.65 bits per heavy atom. The molecule has 0 aliphatic rings. The summed E-state index contributed by atoms with van der Waals surface area (Å²) in [6.07, 6.45) is 0.175. The SMILES string of the molecule is Cc1cc(C)[n+](CCC(=O)O)c(C)c1C.[O-][Cl+3]([O-])([O-])[O-]. The Bertz CT molecular complexity index is 478. The normalized spacial score (nSPS) is 10.8. The average molecular weight is 308 g/mol. The molecule has 0 atom stereocenters. The first kappa shape index (κ1) is 18.8. The van der Waals surface area contributed by atoms with Crippen LogP contribution in [0.1, 0.15) is 28.9 Å². The van der Waals surface area contributed by atoms with E-state index < -0.39 is 16.2 Å². The van der Waals surface area contributed by atoms with Gasteiger partial charge in [-0.1, -0.05) is 0 Å². The molecular formula is C12H18ClNO6. The number of carboxylic acid groups (broad SMARTS) is 1. The molecule has 0 radical (unpaired) electrons. The molecule has 0 saturated heterocycles. The van der Waals surface area contributed by atoms with E-state index in [1.165, 1.54) is 11.1 Å². The number of hydrogen-bond acceptors (Lipinski definition) is 5. The second-order valence-corrected chi connectivity index (χ2v) is 5.11. The van der Waals surface area contributed by atoms with Gasteiger partial charge >= 0.3 is 5.97 Å². The van der Waals surface area contributed by atoms with Gasteiger partial charge in [0.2, 0.25) is 0 Å². The smallest absolute Gasteiger partial charge is 0.309 e. The van der Waals surface area contributed by atoms with E-state index in [2.05, 4.69) is 24.5 Å². The van der Waals surface area contributed by atoms with Crippen LogP contribution < -0.4 is 23.2 Å². The zero-order valence-electron chi connectivity index (χ0n) is 11.8. The molecule has 0 aliphatic carbocycles. The maximum absolute atomic E-state index is 10.5. The molecule has 0 aromatic carbocycles. The Hall–Kier alpha value is -1.25. The van der Waals surface area contributed by atoms with Gasteiger partial charge in [-0.05, 0) is 19.4 Å². The number of pyridine rings is 1. The minimum Gasteiger partial charge on any atom is -0.481 e. The molecule has 114 valence electrons. The van der Waals surface area contributed by atoms with Crippen molar-refractivity contribution >= 4 is 5.97 Å². The Kier molecular flexibility index (Phi) is 7.04. The van der Waals surface area contributed by atoms with Gasteiger partial charge in [0, 0.05) is 25.5 Å². The molecule has 0 fully saturated rings. The molecule has 0 bridgehead atoms. The molecule has 20 heavy (non-hydrogen) atoms. The summed E-state index contributed by atoms with van der Waals surface area (Å²) in [4.78, 5) is 10.5. The van der Waals surface area contributed by atoms with Crippen LogP contribution >= 0.6 is 0 Å². The van der Waals surface area contributed by atoms with E-state index in [-0.39, 0.29) is 6.42 Å². The van der Waals surface area contributed by atoms with Gasteiger partial charge in [-0.15, -0.1) is 10.2 Å². The summed E-state index contributed by atoms with van der Waals surface area (Å²) in [5.41, 5.74) is 4.79. The van der Waals surface area contributed by atoms with Crippen molar-refractivity contribution in [2.45, 2.75) is 40.7 Å². The van der Waals surface area contributed by atoms with E-state index in [9.17, 15) is 4.79 Å². The highest BCUT2D eigenvalue weighted by molar-refractivity contribution is 5.66. The van der Waals surface area contributed by atoms with Gasteiger partial charge in [-0.3, -0.25) is 4.79 Å². The second-order valence-electron chi connectivity index (χ2n) is 4.35. The predicted molar refractivity (Wildman–Crippen MR) is 57.8 cm³/mol. The molecule has 1 N–H and O–H groups in total. The van der Waals surface area contributed by atoms with E-state index in [0.717, 1.165) is 11.4 Å². The lowest BCUT2D eigenvalue weighted by atomic mass is 10.1. The Labute approximate surface area is 119 Å². The number of carboxylic acids is 1.